The van der Waals surface area contributed by atoms with Crippen LogP contribution in [0.25, 0.3) is 11.0 Å². The third kappa shape index (κ3) is 5.49. The molecule has 1 aromatic heterocycles. The average Bonchev–Trinajstić information content (AvgIpc) is 2.88. The largest absolute Gasteiger partial charge is 0.497 e. The molecule has 1 N–H and O–H groups in total. The Morgan fingerprint density at radius 3 is 2.19 bits per heavy atom. The molecule has 4 rings (SSSR count). The molecule has 1 heterocycles. The van der Waals surface area contributed by atoms with Crippen LogP contribution in [0, 0.1) is 6.92 Å². The van der Waals surface area contributed by atoms with E-state index in [9.17, 15) is 13.2 Å². The van der Waals surface area contributed by atoms with Crippen molar-refractivity contribution in [3.8, 4) is 11.5 Å². The SMILES string of the molecule is COc1cc(C)c(OC)c(Nc2nc3ccccc3nc2CS(=O)(=O)c2ccc(C(=O)N(C)C)cc2)c1. The number of para-hydroxylation sites is 2. The fourth-order valence-electron chi connectivity index (χ4n) is 3.91. The standard InChI is InChI=1S/C27H28N4O5S/c1-17-14-19(35-4)15-23(25(17)36-5)30-26-24(28-21-8-6-7-9-22(21)29-26)16-37(33,34)20-12-10-18(11-13-20)27(32)31(2)3/h6-15H,16H2,1-5H3,(H,29,30). The second kappa shape index (κ2) is 10.4. The number of sulfone groups is 1. The molecular weight excluding hydrogens is 492 g/mol. The Labute approximate surface area is 216 Å². The number of nitrogens with one attached hydrogen (secondary N) is 1. The van der Waals surface area contributed by atoms with Gasteiger partial charge < -0.3 is 19.7 Å². The van der Waals surface area contributed by atoms with Crippen molar-refractivity contribution in [3.05, 3.63) is 77.5 Å². The van der Waals surface area contributed by atoms with E-state index in [0.717, 1.165) is 5.56 Å². The van der Waals surface area contributed by atoms with Gasteiger partial charge >= 0.3 is 0 Å². The van der Waals surface area contributed by atoms with Gasteiger partial charge in [0, 0.05) is 25.7 Å². The van der Waals surface area contributed by atoms with E-state index in [2.05, 4.69) is 15.3 Å². The highest BCUT2D eigenvalue weighted by atomic mass is 32.2. The Morgan fingerprint density at radius 1 is 0.946 bits per heavy atom. The molecule has 0 aliphatic rings. The van der Waals surface area contributed by atoms with Crippen LogP contribution in [-0.2, 0) is 15.6 Å². The molecule has 192 valence electrons. The molecule has 0 atom stereocenters. The van der Waals surface area contributed by atoms with Crippen molar-refractivity contribution < 1.29 is 22.7 Å². The first-order valence-corrected chi connectivity index (χ1v) is 13.1. The molecule has 0 saturated carbocycles. The van der Waals surface area contributed by atoms with Crippen molar-refractivity contribution in [1.82, 2.24) is 14.9 Å². The first-order valence-electron chi connectivity index (χ1n) is 11.4. The van der Waals surface area contributed by atoms with Gasteiger partial charge in [-0.15, -0.1) is 0 Å². The maximum atomic E-state index is 13.4. The number of benzene rings is 3. The van der Waals surface area contributed by atoms with Crippen molar-refractivity contribution in [1.29, 1.82) is 0 Å². The fourth-order valence-corrected chi connectivity index (χ4v) is 5.19. The van der Waals surface area contributed by atoms with Crippen LogP contribution >= 0.6 is 0 Å². The van der Waals surface area contributed by atoms with Crippen molar-refractivity contribution in [2.45, 2.75) is 17.6 Å². The summed E-state index contributed by atoms with van der Waals surface area (Å²) >= 11 is 0. The number of hydrogen-bond donors (Lipinski definition) is 1. The Balaban J connectivity index is 1.76. The first-order chi connectivity index (χ1) is 17.6. The minimum absolute atomic E-state index is 0.0820. The molecule has 0 spiro atoms. The summed E-state index contributed by atoms with van der Waals surface area (Å²) in [5.41, 5.74) is 3.22. The Bertz CT molecular complexity index is 1570. The predicted molar refractivity (Wildman–Crippen MR) is 142 cm³/mol. The summed E-state index contributed by atoms with van der Waals surface area (Å²) in [5.74, 6) is 0.854. The molecule has 37 heavy (non-hydrogen) atoms. The number of hydrogen-bond acceptors (Lipinski definition) is 8. The molecule has 1 amide bonds. The molecule has 0 radical (unpaired) electrons. The summed E-state index contributed by atoms with van der Waals surface area (Å²) in [6.07, 6.45) is 0. The van der Waals surface area contributed by atoms with Crippen LogP contribution in [0.5, 0.6) is 11.5 Å². The van der Waals surface area contributed by atoms with Crippen LogP contribution in [0.4, 0.5) is 11.5 Å². The minimum Gasteiger partial charge on any atom is -0.497 e. The highest BCUT2D eigenvalue weighted by Gasteiger charge is 2.22. The maximum Gasteiger partial charge on any atom is 0.253 e. The van der Waals surface area contributed by atoms with E-state index in [-0.39, 0.29) is 22.3 Å². The zero-order chi connectivity index (χ0) is 26.7. The molecule has 0 bridgehead atoms. The van der Waals surface area contributed by atoms with Gasteiger partial charge in [0.15, 0.2) is 15.7 Å². The van der Waals surface area contributed by atoms with Gasteiger partial charge in [-0.25, -0.2) is 18.4 Å². The predicted octanol–water partition coefficient (Wildman–Crippen LogP) is 4.37. The number of rotatable bonds is 8. The number of anilines is 2. The molecule has 9 nitrogen and oxygen atoms in total. The zero-order valence-corrected chi connectivity index (χ0v) is 22.1. The number of aryl methyl sites for hydroxylation is 1. The van der Waals surface area contributed by atoms with Gasteiger partial charge in [-0.2, -0.15) is 0 Å². The number of fused-ring (bicyclic) bond motifs is 1. The van der Waals surface area contributed by atoms with Gasteiger partial charge in [0.1, 0.15) is 17.3 Å². The third-order valence-electron chi connectivity index (χ3n) is 5.78. The maximum absolute atomic E-state index is 13.4. The summed E-state index contributed by atoms with van der Waals surface area (Å²) in [4.78, 5) is 23.0. The summed E-state index contributed by atoms with van der Waals surface area (Å²) < 4.78 is 37.8. The Morgan fingerprint density at radius 2 is 1.59 bits per heavy atom. The van der Waals surface area contributed by atoms with E-state index >= 15 is 0 Å². The second-order valence-corrected chi connectivity index (χ2v) is 10.6. The van der Waals surface area contributed by atoms with Gasteiger partial charge in [0.05, 0.1) is 41.5 Å². The lowest BCUT2D eigenvalue weighted by Gasteiger charge is -2.17. The Kier molecular flexibility index (Phi) is 7.30. The topological polar surface area (TPSA) is 111 Å². The summed E-state index contributed by atoms with van der Waals surface area (Å²) in [6.45, 7) is 1.88. The van der Waals surface area contributed by atoms with E-state index in [0.29, 0.717) is 33.8 Å². The number of methoxy groups -OCH3 is 2. The number of nitrogens with zero attached hydrogens (tertiary/aromatic N) is 3. The molecule has 0 aliphatic heterocycles. The number of carbonyl (C=O) groups is 1. The molecule has 0 aliphatic carbocycles. The molecule has 4 aromatic rings. The molecular formula is C27H28N4O5S. The summed E-state index contributed by atoms with van der Waals surface area (Å²) in [7, 11) is 2.58. The van der Waals surface area contributed by atoms with Crippen LogP contribution < -0.4 is 14.8 Å². The smallest absolute Gasteiger partial charge is 0.253 e. The normalized spacial score (nSPS) is 11.3. The molecule has 10 heteroatoms. The lowest BCUT2D eigenvalue weighted by molar-refractivity contribution is 0.0827. The van der Waals surface area contributed by atoms with Gasteiger partial charge in [-0.05, 0) is 55.0 Å². The van der Waals surface area contributed by atoms with E-state index in [4.69, 9.17) is 9.47 Å². The molecule has 3 aromatic carbocycles. The highest BCUT2D eigenvalue weighted by Crippen LogP contribution is 2.36. The number of aromatic nitrogens is 2. The van der Waals surface area contributed by atoms with Crippen LogP contribution in [0.3, 0.4) is 0 Å². The lowest BCUT2D eigenvalue weighted by atomic mass is 10.1. The lowest BCUT2D eigenvalue weighted by Crippen LogP contribution is -2.21. The third-order valence-corrected chi connectivity index (χ3v) is 7.42. The van der Waals surface area contributed by atoms with Crippen molar-refractivity contribution >= 4 is 38.3 Å². The Hall–Kier alpha value is -4.18. The van der Waals surface area contributed by atoms with E-state index in [1.54, 1.807) is 46.5 Å². The van der Waals surface area contributed by atoms with Crippen LogP contribution in [-0.4, -0.2) is 57.5 Å². The van der Waals surface area contributed by atoms with E-state index < -0.39 is 15.6 Å². The van der Waals surface area contributed by atoms with Gasteiger partial charge in [-0.3, -0.25) is 4.79 Å². The van der Waals surface area contributed by atoms with E-state index in [1.165, 1.54) is 29.2 Å². The monoisotopic (exact) mass is 520 g/mol. The fraction of sp³-hybridized carbons (Fsp3) is 0.222. The number of carbonyl (C=O) groups excluding carboxylic acids is 1. The molecule has 0 saturated heterocycles. The zero-order valence-electron chi connectivity index (χ0n) is 21.3. The van der Waals surface area contributed by atoms with Gasteiger partial charge in [-0.1, -0.05) is 12.1 Å². The van der Waals surface area contributed by atoms with Crippen molar-refractivity contribution in [3.63, 3.8) is 0 Å². The average molecular weight is 521 g/mol. The van der Waals surface area contributed by atoms with Crippen molar-refractivity contribution in [2.24, 2.45) is 0 Å². The molecule has 0 unspecified atom stereocenters. The second-order valence-electron chi connectivity index (χ2n) is 8.64. The van der Waals surface area contributed by atoms with Gasteiger partial charge in [0.25, 0.3) is 5.91 Å². The molecule has 0 fully saturated rings. The van der Waals surface area contributed by atoms with Crippen LogP contribution in [0.2, 0.25) is 0 Å². The van der Waals surface area contributed by atoms with Crippen LogP contribution in [0.15, 0.2) is 65.6 Å². The van der Waals surface area contributed by atoms with E-state index in [1.807, 2.05) is 25.1 Å². The summed E-state index contributed by atoms with van der Waals surface area (Å²) in [5, 5.41) is 3.22. The number of ether oxygens (including phenoxy) is 2. The summed E-state index contributed by atoms with van der Waals surface area (Å²) in [6, 6.07) is 16.7. The van der Waals surface area contributed by atoms with Crippen molar-refractivity contribution in [2.75, 3.05) is 33.6 Å². The van der Waals surface area contributed by atoms with Gasteiger partial charge in [0.2, 0.25) is 0 Å². The number of amides is 1. The van der Waals surface area contributed by atoms with Crippen LogP contribution in [0.1, 0.15) is 21.6 Å². The quantitative estimate of drug-likeness (QED) is 0.365. The first kappa shape index (κ1) is 25.9. The minimum atomic E-state index is -3.82. The highest BCUT2D eigenvalue weighted by molar-refractivity contribution is 7.90.